The SMILES string of the molecule is CC(C)OCCOC(=O)c1cc(N)ccc1F. The normalized spacial score (nSPS) is 10.6. The summed E-state index contributed by atoms with van der Waals surface area (Å²) in [6, 6.07) is 3.77. The van der Waals surface area contributed by atoms with Gasteiger partial charge in [0.05, 0.1) is 18.3 Å². The lowest BCUT2D eigenvalue weighted by Crippen LogP contribution is -2.14. The summed E-state index contributed by atoms with van der Waals surface area (Å²) < 4.78 is 23.3. The van der Waals surface area contributed by atoms with Gasteiger partial charge in [-0.25, -0.2) is 9.18 Å². The van der Waals surface area contributed by atoms with E-state index in [2.05, 4.69) is 0 Å². The highest BCUT2D eigenvalue weighted by molar-refractivity contribution is 5.90. The number of halogens is 1. The summed E-state index contributed by atoms with van der Waals surface area (Å²) in [4.78, 5) is 11.5. The lowest BCUT2D eigenvalue weighted by Gasteiger charge is -2.08. The van der Waals surface area contributed by atoms with Crippen LogP contribution in [0.1, 0.15) is 24.2 Å². The number of benzene rings is 1. The number of carbonyl (C=O) groups is 1. The lowest BCUT2D eigenvalue weighted by molar-refractivity contribution is 0.0173. The summed E-state index contributed by atoms with van der Waals surface area (Å²) in [5, 5.41) is 0. The van der Waals surface area contributed by atoms with Gasteiger partial charge in [0.15, 0.2) is 0 Å². The number of hydrogen-bond acceptors (Lipinski definition) is 4. The average Bonchev–Trinajstić information content (AvgIpc) is 2.27. The number of nitrogen functional groups attached to an aromatic ring is 1. The Hall–Kier alpha value is -1.62. The Morgan fingerprint density at radius 2 is 2.12 bits per heavy atom. The van der Waals surface area contributed by atoms with Crippen LogP contribution in [0.15, 0.2) is 18.2 Å². The highest BCUT2D eigenvalue weighted by Gasteiger charge is 2.13. The van der Waals surface area contributed by atoms with Crippen molar-refractivity contribution < 1.29 is 18.7 Å². The number of carbonyl (C=O) groups excluding carboxylic acids is 1. The fourth-order valence-electron chi connectivity index (χ4n) is 1.20. The van der Waals surface area contributed by atoms with Gasteiger partial charge in [0.2, 0.25) is 0 Å². The monoisotopic (exact) mass is 241 g/mol. The molecule has 0 aromatic heterocycles. The number of hydrogen-bond donors (Lipinski definition) is 1. The van der Waals surface area contributed by atoms with E-state index in [4.69, 9.17) is 15.2 Å². The van der Waals surface area contributed by atoms with Gasteiger partial charge < -0.3 is 15.2 Å². The van der Waals surface area contributed by atoms with Crippen LogP contribution in [0.5, 0.6) is 0 Å². The van der Waals surface area contributed by atoms with Crippen molar-refractivity contribution >= 4 is 11.7 Å². The minimum Gasteiger partial charge on any atom is -0.460 e. The van der Waals surface area contributed by atoms with Crippen LogP contribution in [-0.2, 0) is 9.47 Å². The van der Waals surface area contributed by atoms with Crippen LogP contribution in [-0.4, -0.2) is 25.3 Å². The number of nitrogens with two attached hydrogens (primary N) is 1. The Morgan fingerprint density at radius 1 is 1.41 bits per heavy atom. The third-order valence-corrected chi connectivity index (χ3v) is 1.98. The summed E-state index contributed by atoms with van der Waals surface area (Å²) >= 11 is 0. The first-order valence-corrected chi connectivity index (χ1v) is 5.34. The van der Waals surface area contributed by atoms with Crippen molar-refractivity contribution in [1.82, 2.24) is 0 Å². The summed E-state index contributed by atoms with van der Waals surface area (Å²) in [5.41, 5.74) is 5.62. The Morgan fingerprint density at radius 3 is 2.76 bits per heavy atom. The summed E-state index contributed by atoms with van der Waals surface area (Å²) in [5.74, 6) is -1.38. The molecule has 17 heavy (non-hydrogen) atoms. The Balaban J connectivity index is 2.49. The van der Waals surface area contributed by atoms with Gasteiger partial charge in [-0.3, -0.25) is 0 Å². The lowest BCUT2D eigenvalue weighted by atomic mass is 10.2. The second-order valence-electron chi connectivity index (χ2n) is 3.79. The van der Waals surface area contributed by atoms with Crippen molar-refractivity contribution in [1.29, 1.82) is 0 Å². The zero-order chi connectivity index (χ0) is 12.8. The molecule has 0 aliphatic rings. The van der Waals surface area contributed by atoms with E-state index in [0.29, 0.717) is 5.69 Å². The Kier molecular flexibility index (Phi) is 4.90. The topological polar surface area (TPSA) is 61.5 Å². The molecule has 1 aromatic rings. The first-order valence-electron chi connectivity index (χ1n) is 5.34. The van der Waals surface area contributed by atoms with Gasteiger partial charge in [-0.05, 0) is 32.0 Å². The van der Waals surface area contributed by atoms with E-state index >= 15 is 0 Å². The summed E-state index contributed by atoms with van der Waals surface area (Å²) in [6.45, 7) is 4.12. The second kappa shape index (κ2) is 6.20. The molecule has 1 rings (SSSR count). The van der Waals surface area contributed by atoms with E-state index in [1.807, 2.05) is 13.8 Å². The van der Waals surface area contributed by atoms with Gasteiger partial charge in [-0.15, -0.1) is 0 Å². The second-order valence-corrected chi connectivity index (χ2v) is 3.79. The molecule has 0 aliphatic heterocycles. The number of esters is 1. The fourth-order valence-corrected chi connectivity index (χ4v) is 1.20. The van der Waals surface area contributed by atoms with Gasteiger partial charge in [-0.1, -0.05) is 0 Å². The summed E-state index contributed by atoms with van der Waals surface area (Å²) in [7, 11) is 0. The van der Waals surface area contributed by atoms with Gasteiger partial charge in [0, 0.05) is 5.69 Å². The minimum absolute atomic E-state index is 0.0674. The molecular weight excluding hydrogens is 225 g/mol. The third kappa shape index (κ3) is 4.40. The van der Waals surface area contributed by atoms with Gasteiger partial charge >= 0.3 is 5.97 Å². The van der Waals surface area contributed by atoms with Crippen LogP contribution in [0, 0.1) is 5.82 Å². The van der Waals surface area contributed by atoms with E-state index in [9.17, 15) is 9.18 Å². The molecule has 0 amide bonds. The van der Waals surface area contributed by atoms with Crippen molar-refractivity contribution in [2.24, 2.45) is 0 Å². The van der Waals surface area contributed by atoms with E-state index in [1.54, 1.807) is 0 Å². The highest BCUT2D eigenvalue weighted by Crippen LogP contribution is 2.13. The quantitative estimate of drug-likeness (QED) is 0.486. The van der Waals surface area contributed by atoms with Crippen LogP contribution < -0.4 is 5.73 Å². The van der Waals surface area contributed by atoms with E-state index < -0.39 is 11.8 Å². The number of anilines is 1. The van der Waals surface area contributed by atoms with Crippen LogP contribution in [0.25, 0.3) is 0 Å². The molecule has 0 fully saturated rings. The van der Waals surface area contributed by atoms with Crippen LogP contribution >= 0.6 is 0 Å². The van der Waals surface area contributed by atoms with E-state index in [-0.39, 0.29) is 24.9 Å². The molecule has 0 saturated heterocycles. The molecule has 0 bridgehead atoms. The maximum atomic E-state index is 13.3. The van der Waals surface area contributed by atoms with E-state index in [1.165, 1.54) is 12.1 Å². The maximum Gasteiger partial charge on any atom is 0.341 e. The number of rotatable bonds is 5. The molecule has 0 unspecified atom stereocenters. The van der Waals surface area contributed by atoms with Gasteiger partial charge in [0.1, 0.15) is 12.4 Å². The molecule has 0 radical (unpaired) electrons. The smallest absolute Gasteiger partial charge is 0.341 e. The highest BCUT2D eigenvalue weighted by atomic mass is 19.1. The van der Waals surface area contributed by atoms with Crippen molar-refractivity contribution in [3.8, 4) is 0 Å². The Labute approximate surface area is 99.5 Å². The third-order valence-electron chi connectivity index (χ3n) is 1.98. The molecule has 2 N–H and O–H groups in total. The predicted octanol–water partition coefficient (Wildman–Crippen LogP) is 1.99. The Bertz CT molecular complexity index is 393. The fraction of sp³-hybridized carbons (Fsp3) is 0.417. The molecule has 0 saturated carbocycles. The van der Waals surface area contributed by atoms with Crippen LogP contribution in [0.4, 0.5) is 10.1 Å². The maximum absolute atomic E-state index is 13.3. The van der Waals surface area contributed by atoms with Crippen LogP contribution in [0.3, 0.4) is 0 Å². The zero-order valence-electron chi connectivity index (χ0n) is 9.90. The van der Waals surface area contributed by atoms with Crippen LogP contribution in [0.2, 0.25) is 0 Å². The molecule has 4 nitrogen and oxygen atoms in total. The average molecular weight is 241 g/mol. The van der Waals surface area contributed by atoms with E-state index in [0.717, 1.165) is 6.07 Å². The molecule has 0 atom stereocenters. The molecule has 94 valence electrons. The van der Waals surface area contributed by atoms with Crippen molar-refractivity contribution in [2.75, 3.05) is 18.9 Å². The molecular formula is C12H16FNO3. The van der Waals surface area contributed by atoms with Crippen molar-refractivity contribution in [3.63, 3.8) is 0 Å². The van der Waals surface area contributed by atoms with Crippen molar-refractivity contribution in [3.05, 3.63) is 29.6 Å². The summed E-state index contributed by atoms with van der Waals surface area (Å²) in [6.07, 6.45) is 0.0674. The molecule has 1 aromatic carbocycles. The standard InChI is InChI=1S/C12H16FNO3/c1-8(2)16-5-6-17-12(15)10-7-9(14)3-4-11(10)13/h3-4,7-8H,5-6,14H2,1-2H3. The van der Waals surface area contributed by atoms with Gasteiger partial charge in [0.25, 0.3) is 0 Å². The number of ether oxygens (including phenoxy) is 2. The molecule has 5 heteroatoms. The first-order chi connectivity index (χ1) is 8.00. The molecule has 0 spiro atoms. The first kappa shape index (κ1) is 13.4. The minimum atomic E-state index is -0.734. The largest absolute Gasteiger partial charge is 0.460 e. The van der Waals surface area contributed by atoms with Gasteiger partial charge in [-0.2, -0.15) is 0 Å². The zero-order valence-corrected chi connectivity index (χ0v) is 9.90. The molecule has 0 aliphatic carbocycles. The molecule has 0 heterocycles. The van der Waals surface area contributed by atoms with Crippen molar-refractivity contribution in [2.45, 2.75) is 20.0 Å². The predicted molar refractivity (Wildman–Crippen MR) is 62.2 cm³/mol.